The fourth-order valence-corrected chi connectivity index (χ4v) is 3.67. The van der Waals surface area contributed by atoms with Gasteiger partial charge in [-0.25, -0.2) is 8.78 Å². The maximum absolute atomic E-state index is 14.2. The third kappa shape index (κ3) is 5.38. The minimum atomic E-state index is -1.64. The second-order valence-electron chi connectivity index (χ2n) is 7.37. The van der Waals surface area contributed by atoms with Crippen molar-refractivity contribution in [2.24, 2.45) is 0 Å². The molecule has 2 aromatic carbocycles. The number of hydrogen-bond donors (Lipinski definition) is 3. The van der Waals surface area contributed by atoms with Crippen molar-refractivity contribution in [1.29, 1.82) is 0 Å². The van der Waals surface area contributed by atoms with Gasteiger partial charge >= 0.3 is 0 Å². The summed E-state index contributed by atoms with van der Waals surface area (Å²) in [5.74, 6) is -1.58. The zero-order valence-corrected chi connectivity index (χ0v) is 18.2. The standard InChI is InChI=1S/C21H22Cl2F2N2O4/c1-2-19(29)26-17-9-13(3-4-14(17)23)31-11-21(30)5-6-27(10-18(21)28)20-15(24)7-12(22)8-16(20)25/h3-4,7-9,18,28,30H,2,5-6,10-11H2,1H3,(H,26,29)/t18-,21-/m1/s1. The summed E-state index contributed by atoms with van der Waals surface area (Å²) in [6.07, 6.45) is -1.05. The Morgan fingerprint density at radius 2 is 1.97 bits per heavy atom. The predicted molar refractivity (Wildman–Crippen MR) is 115 cm³/mol. The van der Waals surface area contributed by atoms with Gasteiger partial charge in [0.2, 0.25) is 5.91 Å². The molecule has 1 fully saturated rings. The molecule has 0 unspecified atom stereocenters. The minimum Gasteiger partial charge on any atom is -0.490 e. The van der Waals surface area contributed by atoms with Crippen LogP contribution >= 0.6 is 23.2 Å². The van der Waals surface area contributed by atoms with Crippen LogP contribution < -0.4 is 15.0 Å². The molecule has 6 nitrogen and oxygen atoms in total. The van der Waals surface area contributed by atoms with Crippen LogP contribution in [-0.2, 0) is 4.79 Å². The molecule has 0 spiro atoms. The number of rotatable bonds is 6. The molecule has 0 bridgehead atoms. The van der Waals surface area contributed by atoms with Gasteiger partial charge < -0.3 is 25.2 Å². The van der Waals surface area contributed by atoms with E-state index >= 15 is 0 Å². The molecular weight excluding hydrogens is 453 g/mol. The molecule has 2 atom stereocenters. The molecule has 0 aliphatic carbocycles. The third-order valence-electron chi connectivity index (χ3n) is 5.15. The van der Waals surface area contributed by atoms with Gasteiger partial charge in [-0.3, -0.25) is 4.79 Å². The molecule has 0 aromatic heterocycles. The van der Waals surface area contributed by atoms with E-state index in [0.717, 1.165) is 12.1 Å². The van der Waals surface area contributed by atoms with Crippen LogP contribution in [0.4, 0.5) is 20.2 Å². The predicted octanol–water partition coefficient (Wildman–Crippen LogP) is 4.00. The fourth-order valence-electron chi connectivity index (χ4n) is 3.31. The molecule has 10 heteroatoms. The van der Waals surface area contributed by atoms with Crippen molar-refractivity contribution in [1.82, 2.24) is 0 Å². The summed E-state index contributed by atoms with van der Waals surface area (Å²) in [6, 6.07) is 6.60. The SMILES string of the molecule is CCC(=O)Nc1cc(OC[C@]2(O)CCN(c3c(F)cc(Cl)cc3F)C[C@H]2O)ccc1Cl. The highest BCUT2D eigenvalue weighted by Crippen LogP contribution is 2.33. The Morgan fingerprint density at radius 1 is 1.29 bits per heavy atom. The van der Waals surface area contributed by atoms with Crippen LogP contribution in [0.3, 0.4) is 0 Å². The van der Waals surface area contributed by atoms with Gasteiger partial charge in [-0.15, -0.1) is 0 Å². The Labute approximate surface area is 188 Å². The second-order valence-corrected chi connectivity index (χ2v) is 8.21. The van der Waals surface area contributed by atoms with Gasteiger partial charge in [0.25, 0.3) is 0 Å². The highest BCUT2D eigenvalue weighted by Gasteiger charge is 2.42. The van der Waals surface area contributed by atoms with Gasteiger partial charge in [-0.05, 0) is 30.7 Å². The van der Waals surface area contributed by atoms with E-state index in [1.165, 1.54) is 17.0 Å². The molecular formula is C21H22Cl2F2N2O4. The summed E-state index contributed by atoms with van der Waals surface area (Å²) >= 11 is 11.7. The van der Waals surface area contributed by atoms with E-state index in [1.807, 2.05) is 0 Å². The monoisotopic (exact) mass is 474 g/mol. The van der Waals surface area contributed by atoms with Gasteiger partial charge in [0.1, 0.15) is 29.7 Å². The number of β-amino-alcohol motifs (C(OH)–C–C–N with tert-alkyl or cyclic N) is 1. The van der Waals surface area contributed by atoms with Crippen molar-refractivity contribution in [2.45, 2.75) is 31.5 Å². The Morgan fingerprint density at radius 3 is 2.58 bits per heavy atom. The van der Waals surface area contributed by atoms with Crippen molar-refractivity contribution in [3.63, 3.8) is 0 Å². The molecule has 1 aliphatic rings. The van der Waals surface area contributed by atoms with Gasteiger partial charge in [0.15, 0.2) is 11.6 Å². The largest absolute Gasteiger partial charge is 0.490 e. The van der Waals surface area contributed by atoms with E-state index in [-0.39, 0.29) is 49.2 Å². The van der Waals surface area contributed by atoms with Crippen molar-refractivity contribution in [2.75, 3.05) is 29.9 Å². The molecule has 168 valence electrons. The van der Waals surface area contributed by atoms with E-state index in [1.54, 1.807) is 13.0 Å². The number of benzene rings is 2. The van der Waals surface area contributed by atoms with Crippen molar-refractivity contribution in [3.05, 3.63) is 52.0 Å². The number of carbonyl (C=O) groups excluding carboxylic acids is 1. The van der Waals surface area contributed by atoms with Crippen LogP contribution in [0.5, 0.6) is 5.75 Å². The lowest BCUT2D eigenvalue weighted by atomic mass is 9.89. The first kappa shape index (κ1) is 23.5. The lowest BCUT2D eigenvalue weighted by Gasteiger charge is -2.42. The van der Waals surface area contributed by atoms with Crippen LogP contribution in [0.1, 0.15) is 19.8 Å². The molecule has 31 heavy (non-hydrogen) atoms. The third-order valence-corrected chi connectivity index (χ3v) is 5.70. The number of carbonyl (C=O) groups is 1. The molecule has 1 heterocycles. The average molecular weight is 475 g/mol. The number of nitrogens with one attached hydrogen (secondary N) is 1. The summed E-state index contributed by atoms with van der Waals surface area (Å²) in [5.41, 5.74) is -1.58. The lowest BCUT2D eigenvalue weighted by Crippen LogP contribution is -2.58. The number of ether oxygens (including phenoxy) is 1. The molecule has 1 amide bonds. The number of hydrogen-bond acceptors (Lipinski definition) is 5. The van der Waals surface area contributed by atoms with Crippen LogP contribution in [0.25, 0.3) is 0 Å². The molecule has 1 aliphatic heterocycles. The van der Waals surface area contributed by atoms with E-state index in [2.05, 4.69) is 5.32 Å². The van der Waals surface area contributed by atoms with Gasteiger partial charge in [0.05, 0.1) is 10.7 Å². The van der Waals surface area contributed by atoms with E-state index in [4.69, 9.17) is 27.9 Å². The van der Waals surface area contributed by atoms with Crippen LogP contribution in [0.15, 0.2) is 30.3 Å². The number of aliphatic hydroxyl groups excluding tert-OH is 1. The topological polar surface area (TPSA) is 82.0 Å². The minimum absolute atomic E-state index is 0.00267. The van der Waals surface area contributed by atoms with Crippen molar-refractivity contribution in [3.8, 4) is 5.75 Å². The summed E-state index contributed by atoms with van der Waals surface area (Å²) in [4.78, 5) is 12.9. The molecule has 0 radical (unpaired) electrons. The van der Waals surface area contributed by atoms with Crippen LogP contribution in [0, 0.1) is 11.6 Å². The average Bonchev–Trinajstić information content (AvgIpc) is 2.70. The van der Waals surface area contributed by atoms with E-state index in [0.29, 0.717) is 16.5 Å². The first-order chi connectivity index (χ1) is 14.6. The van der Waals surface area contributed by atoms with E-state index < -0.39 is 23.3 Å². The van der Waals surface area contributed by atoms with Gasteiger partial charge in [-0.2, -0.15) is 0 Å². The Kier molecular flexibility index (Phi) is 7.26. The summed E-state index contributed by atoms with van der Waals surface area (Å²) in [7, 11) is 0. The summed E-state index contributed by atoms with van der Waals surface area (Å²) in [6.45, 7) is 1.32. The van der Waals surface area contributed by atoms with Crippen LogP contribution in [0.2, 0.25) is 10.0 Å². The maximum Gasteiger partial charge on any atom is 0.224 e. The number of amides is 1. The van der Waals surface area contributed by atoms with Gasteiger partial charge in [-0.1, -0.05) is 30.1 Å². The maximum atomic E-state index is 14.2. The normalized spacial score (nSPS) is 21.1. The Bertz CT molecular complexity index is 955. The number of halogens is 4. The molecule has 3 rings (SSSR count). The van der Waals surface area contributed by atoms with Gasteiger partial charge in [0, 0.05) is 30.6 Å². The molecule has 3 N–H and O–H groups in total. The smallest absolute Gasteiger partial charge is 0.224 e. The first-order valence-electron chi connectivity index (χ1n) is 9.65. The Hall–Kier alpha value is -2.13. The number of nitrogens with zero attached hydrogens (tertiary/aromatic N) is 1. The van der Waals surface area contributed by atoms with Crippen molar-refractivity contribution < 1.29 is 28.5 Å². The lowest BCUT2D eigenvalue weighted by molar-refractivity contribution is -0.115. The van der Waals surface area contributed by atoms with Crippen LogP contribution in [-0.4, -0.2) is 47.5 Å². The molecule has 1 saturated heterocycles. The summed E-state index contributed by atoms with van der Waals surface area (Å²) in [5, 5.41) is 24.3. The summed E-state index contributed by atoms with van der Waals surface area (Å²) < 4.78 is 34.0. The number of anilines is 2. The fraction of sp³-hybridized carbons (Fsp3) is 0.381. The second kappa shape index (κ2) is 9.56. The quantitative estimate of drug-likeness (QED) is 0.589. The first-order valence-corrected chi connectivity index (χ1v) is 10.4. The molecule has 2 aromatic rings. The number of piperidine rings is 1. The number of aliphatic hydroxyl groups is 2. The zero-order valence-electron chi connectivity index (χ0n) is 16.7. The Balaban J connectivity index is 1.68. The van der Waals surface area contributed by atoms with E-state index in [9.17, 15) is 23.8 Å². The zero-order chi connectivity index (χ0) is 22.8. The molecule has 0 saturated carbocycles. The van der Waals surface area contributed by atoms with Crippen molar-refractivity contribution >= 4 is 40.5 Å². The highest BCUT2D eigenvalue weighted by atomic mass is 35.5. The highest BCUT2D eigenvalue weighted by molar-refractivity contribution is 6.33.